The van der Waals surface area contributed by atoms with E-state index in [1.807, 2.05) is 60.8 Å². The number of thiazole rings is 1. The van der Waals surface area contributed by atoms with Gasteiger partial charge in [-0.2, -0.15) is 4.98 Å². The fraction of sp³-hybridized carbons (Fsp3) is 0.150. The third kappa shape index (κ3) is 3.98. The van der Waals surface area contributed by atoms with E-state index < -0.39 is 0 Å². The topological polar surface area (TPSA) is 70.3 Å². The summed E-state index contributed by atoms with van der Waals surface area (Å²) in [6.45, 7) is 2.20. The largest absolute Gasteiger partial charge is 0.497 e. The summed E-state index contributed by atoms with van der Waals surface area (Å²) in [6.07, 6.45) is 0. The van der Waals surface area contributed by atoms with Crippen LogP contribution in [0.15, 0.2) is 58.4 Å². The van der Waals surface area contributed by atoms with Crippen LogP contribution in [0.5, 0.6) is 11.5 Å². The molecule has 4 rings (SSSR count). The zero-order valence-electron chi connectivity index (χ0n) is 14.9. The summed E-state index contributed by atoms with van der Waals surface area (Å²) in [4.78, 5) is 8.85. The van der Waals surface area contributed by atoms with Gasteiger partial charge in [0.15, 0.2) is 6.61 Å². The molecule has 0 amide bonds. The van der Waals surface area contributed by atoms with Gasteiger partial charge < -0.3 is 14.0 Å². The van der Waals surface area contributed by atoms with Gasteiger partial charge in [0.05, 0.1) is 7.11 Å². The van der Waals surface area contributed by atoms with Gasteiger partial charge in [0.1, 0.15) is 16.5 Å². The van der Waals surface area contributed by atoms with Crippen molar-refractivity contribution in [2.24, 2.45) is 0 Å². The van der Waals surface area contributed by atoms with Crippen LogP contribution in [0, 0.1) is 6.92 Å². The Balaban J connectivity index is 1.39. The monoisotopic (exact) mass is 379 g/mol. The fourth-order valence-electron chi connectivity index (χ4n) is 2.50. The predicted molar refractivity (Wildman–Crippen MR) is 103 cm³/mol. The molecule has 2 aromatic heterocycles. The van der Waals surface area contributed by atoms with Crippen molar-refractivity contribution >= 4 is 11.3 Å². The molecule has 0 atom stereocenters. The molecule has 0 spiro atoms. The van der Waals surface area contributed by atoms with Crippen molar-refractivity contribution in [1.82, 2.24) is 15.1 Å². The molecule has 6 nitrogen and oxygen atoms in total. The van der Waals surface area contributed by atoms with E-state index in [1.54, 1.807) is 18.4 Å². The lowest BCUT2D eigenvalue weighted by Crippen LogP contribution is -1.95. The molecule has 0 aliphatic heterocycles. The van der Waals surface area contributed by atoms with E-state index >= 15 is 0 Å². The summed E-state index contributed by atoms with van der Waals surface area (Å²) in [7, 11) is 1.63. The normalized spacial score (nSPS) is 10.7. The van der Waals surface area contributed by atoms with Crippen LogP contribution in [-0.2, 0) is 6.61 Å². The maximum absolute atomic E-state index is 5.74. The van der Waals surface area contributed by atoms with Gasteiger partial charge in [-0.3, -0.25) is 0 Å². The molecule has 2 aromatic carbocycles. The molecule has 0 fully saturated rings. The van der Waals surface area contributed by atoms with E-state index in [0.717, 1.165) is 33.3 Å². The van der Waals surface area contributed by atoms with Gasteiger partial charge in [0, 0.05) is 22.2 Å². The second kappa shape index (κ2) is 7.59. The van der Waals surface area contributed by atoms with Crippen LogP contribution in [0.3, 0.4) is 0 Å². The van der Waals surface area contributed by atoms with Gasteiger partial charge in [-0.15, -0.1) is 11.3 Å². The lowest BCUT2D eigenvalue weighted by atomic mass is 10.2. The zero-order chi connectivity index (χ0) is 18.6. The smallest absolute Gasteiger partial charge is 0.264 e. The summed E-state index contributed by atoms with van der Waals surface area (Å²) in [6, 6.07) is 15.3. The number of aromatic nitrogens is 3. The molecule has 0 bridgehead atoms. The number of hydrogen-bond acceptors (Lipinski definition) is 7. The molecule has 0 N–H and O–H groups in total. The van der Waals surface area contributed by atoms with Crippen LogP contribution in [0.2, 0.25) is 0 Å². The molecule has 0 aliphatic carbocycles. The Bertz CT molecular complexity index is 1020. The van der Waals surface area contributed by atoms with E-state index in [-0.39, 0.29) is 6.61 Å². The van der Waals surface area contributed by atoms with E-state index in [1.165, 1.54) is 0 Å². The average Bonchev–Trinajstić information content (AvgIpc) is 3.36. The first-order valence-electron chi connectivity index (χ1n) is 8.33. The predicted octanol–water partition coefficient (Wildman–Crippen LogP) is 4.76. The molecule has 27 heavy (non-hydrogen) atoms. The minimum Gasteiger partial charge on any atom is -0.497 e. The molecule has 4 aromatic rings. The molecule has 0 unspecified atom stereocenters. The molecule has 0 saturated carbocycles. The van der Waals surface area contributed by atoms with Crippen LogP contribution < -0.4 is 9.47 Å². The summed E-state index contributed by atoms with van der Waals surface area (Å²) in [5, 5.41) is 7.03. The van der Waals surface area contributed by atoms with E-state index in [0.29, 0.717) is 11.7 Å². The summed E-state index contributed by atoms with van der Waals surface area (Å²) < 4.78 is 16.2. The standard InChI is InChI=1S/C20H17N3O3S/c1-13-12-27-20(21-13)15-5-9-17(10-6-15)25-11-18-22-19(23-26-18)14-3-7-16(24-2)8-4-14/h3-10,12H,11H2,1-2H3. The highest BCUT2D eigenvalue weighted by Gasteiger charge is 2.10. The Morgan fingerprint density at radius 3 is 2.30 bits per heavy atom. The van der Waals surface area contributed by atoms with Crippen molar-refractivity contribution in [1.29, 1.82) is 0 Å². The van der Waals surface area contributed by atoms with Crippen LogP contribution in [0.4, 0.5) is 0 Å². The SMILES string of the molecule is COc1ccc(-c2noc(COc3ccc(-c4nc(C)cs4)cc3)n2)cc1. The first kappa shape index (κ1) is 17.2. The molecular weight excluding hydrogens is 362 g/mol. The van der Waals surface area contributed by atoms with Gasteiger partial charge in [-0.1, -0.05) is 5.16 Å². The number of methoxy groups -OCH3 is 1. The van der Waals surface area contributed by atoms with Crippen molar-refractivity contribution in [3.63, 3.8) is 0 Å². The van der Waals surface area contributed by atoms with Gasteiger partial charge in [0.2, 0.25) is 5.82 Å². The Morgan fingerprint density at radius 2 is 1.63 bits per heavy atom. The molecule has 0 aliphatic rings. The Labute approximate surface area is 160 Å². The number of benzene rings is 2. The Hall–Kier alpha value is -3.19. The number of rotatable bonds is 6. The first-order chi connectivity index (χ1) is 13.2. The molecule has 2 heterocycles. The summed E-state index contributed by atoms with van der Waals surface area (Å²) in [5.41, 5.74) is 2.95. The van der Waals surface area contributed by atoms with Crippen molar-refractivity contribution in [3.8, 4) is 33.5 Å². The average molecular weight is 379 g/mol. The Kier molecular flexibility index (Phi) is 4.84. The van der Waals surface area contributed by atoms with Gasteiger partial charge in [0.25, 0.3) is 5.89 Å². The number of nitrogens with zero attached hydrogens (tertiary/aromatic N) is 3. The number of aryl methyl sites for hydroxylation is 1. The van der Waals surface area contributed by atoms with Gasteiger partial charge in [-0.05, 0) is 55.5 Å². The van der Waals surface area contributed by atoms with Crippen LogP contribution >= 0.6 is 11.3 Å². The second-order valence-corrected chi connectivity index (χ2v) is 6.71. The molecule has 7 heteroatoms. The quantitative estimate of drug-likeness (QED) is 0.481. The maximum atomic E-state index is 5.74. The highest BCUT2D eigenvalue weighted by Crippen LogP contribution is 2.26. The first-order valence-corrected chi connectivity index (χ1v) is 9.21. The minimum absolute atomic E-state index is 0.207. The third-order valence-corrected chi connectivity index (χ3v) is 4.91. The summed E-state index contributed by atoms with van der Waals surface area (Å²) in [5.74, 6) is 2.45. The summed E-state index contributed by atoms with van der Waals surface area (Å²) >= 11 is 1.63. The minimum atomic E-state index is 0.207. The lowest BCUT2D eigenvalue weighted by Gasteiger charge is -2.03. The Morgan fingerprint density at radius 1 is 0.926 bits per heavy atom. The highest BCUT2D eigenvalue weighted by molar-refractivity contribution is 7.13. The van der Waals surface area contributed by atoms with Crippen molar-refractivity contribution in [2.45, 2.75) is 13.5 Å². The molecule has 136 valence electrons. The highest BCUT2D eigenvalue weighted by atomic mass is 32.1. The maximum Gasteiger partial charge on any atom is 0.264 e. The molecule has 0 radical (unpaired) electrons. The number of ether oxygens (including phenoxy) is 2. The molecule has 0 saturated heterocycles. The van der Waals surface area contributed by atoms with Gasteiger partial charge in [-0.25, -0.2) is 4.98 Å². The van der Waals surface area contributed by atoms with Crippen LogP contribution in [0.1, 0.15) is 11.6 Å². The van der Waals surface area contributed by atoms with Crippen molar-refractivity contribution in [3.05, 3.63) is 65.5 Å². The zero-order valence-corrected chi connectivity index (χ0v) is 15.7. The van der Waals surface area contributed by atoms with Crippen molar-refractivity contribution < 1.29 is 14.0 Å². The third-order valence-electron chi connectivity index (χ3n) is 3.90. The van der Waals surface area contributed by atoms with Gasteiger partial charge >= 0.3 is 0 Å². The fourth-order valence-corrected chi connectivity index (χ4v) is 3.30. The van der Waals surface area contributed by atoms with Crippen LogP contribution in [-0.4, -0.2) is 22.2 Å². The number of hydrogen-bond donors (Lipinski definition) is 0. The molecular formula is C20H17N3O3S. The second-order valence-electron chi connectivity index (χ2n) is 5.85. The van der Waals surface area contributed by atoms with E-state index in [4.69, 9.17) is 14.0 Å². The van der Waals surface area contributed by atoms with E-state index in [9.17, 15) is 0 Å². The van der Waals surface area contributed by atoms with E-state index in [2.05, 4.69) is 15.1 Å². The van der Waals surface area contributed by atoms with Crippen molar-refractivity contribution in [2.75, 3.05) is 7.11 Å². The van der Waals surface area contributed by atoms with Crippen LogP contribution in [0.25, 0.3) is 22.0 Å². The lowest BCUT2D eigenvalue weighted by molar-refractivity contribution is 0.243.